The molecule has 1 aromatic heterocycles. The molecule has 4 rings (SSSR count). The predicted octanol–water partition coefficient (Wildman–Crippen LogP) is 4.02. The molecule has 0 aliphatic rings. The Morgan fingerprint density at radius 1 is 1.06 bits per heavy atom. The number of nitrogens with zero attached hydrogens (tertiary/aromatic N) is 1. The molecular formula is C26H27N3O5S. The summed E-state index contributed by atoms with van der Waals surface area (Å²) in [5.41, 5.74) is -1.65. The highest BCUT2D eigenvalue weighted by Gasteiger charge is 2.24. The first-order valence-electron chi connectivity index (χ1n) is 13.4. The lowest BCUT2D eigenvalue weighted by Gasteiger charge is -2.25. The number of nitrogens with one attached hydrogen (secondary N) is 2. The third kappa shape index (κ3) is 5.14. The highest BCUT2D eigenvalue weighted by molar-refractivity contribution is 7.92. The van der Waals surface area contributed by atoms with Crippen LogP contribution in [0.25, 0.3) is 27.6 Å². The first kappa shape index (κ1) is 17.6. The first-order valence-corrected chi connectivity index (χ1v) is 12.3. The minimum absolute atomic E-state index is 0.134. The van der Waals surface area contributed by atoms with E-state index in [1.807, 2.05) is 25.5 Å². The van der Waals surface area contributed by atoms with Gasteiger partial charge in [-0.3, -0.25) is 19.1 Å². The molecule has 0 aliphatic heterocycles. The summed E-state index contributed by atoms with van der Waals surface area (Å²) in [5.74, 6) is 0.235. The minimum Gasteiger partial charge on any atom is -0.496 e. The molecule has 182 valence electrons. The van der Waals surface area contributed by atoms with Gasteiger partial charge in [0.2, 0.25) is 10.0 Å². The lowest BCUT2D eigenvalue weighted by atomic mass is 9.83. The number of benzene rings is 3. The van der Waals surface area contributed by atoms with Gasteiger partial charge in [-0.05, 0) is 52.0 Å². The molecule has 0 saturated heterocycles. The first-order chi connectivity index (χ1) is 18.9. The molecule has 35 heavy (non-hydrogen) atoms. The average Bonchev–Trinajstić information content (AvgIpc) is 2.86. The third-order valence-corrected chi connectivity index (χ3v) is 5.69. The number of aromatic nitrogens is 2. The van der Waals surface area contributed by atoms with Gasteiger partial charge in [0.1, 0.15) is 5.75 Å². The average molecular weight is 500 g/mol. The molecule has 0 amide bonds. The van der Waals surface area contributed by atoms with E-state index in [9.17, 15) is 18.0 Å². The van der Waals surface area contributed by atoms with Crippen molar-refractivity contribution in [2.75, 3.05) is 18.1 Å². The van der Waals surface area contributed by atoms with Gasteiger partial charge in [0.05, 0.1) is 27.3 Å². The van der Waals surface area contributed by atoms with Gasteiger partial charge in [-0.2, -0.15) is 0 Å². The van der Waals surface area contributed by atoms with Crippen LogP contribution >= 0.6 is 0 Å². The maximum Gasteiger partial charge on any atom is 0.332 e. The van der Waals surface area contributed by atoms with E-state index in [2.05, 4.69) is 4.98 Å². The molecule has 0 atom stereocenters. The van der Waals surface area contributed by atoms with E-state index < -0.39 is 68.6 Å². The number of sulfonamides is 1. The Hall–Kier alpha value is -3.85. The molecule has 0 fully saturated rings. The summed E-state index contributed by atoms with van der Waals surface area (Å²) < 4.78 is 84.8. The number of rotatable bonds is 5. The maximum atomic E-state index is 12.7. The molecule has 0 bridgehead atoms. The van der Waals surface area contributed by atoms with Gasteiger partial charge in [-0.1, -0.05) is 38.9 Å². The van der Waals surface area contributed by atoms with E-state index in [4.69, 9.17) is 13.0 Å². The summed E-state index contributed by atoms with van der Waals surface area (Å²) >= 11 is 0. The topological polar surface area (TPSA) is 110 Å². The van der Waals surface area contributed by atoms with Crippen LogP contribution in [0.1, 0.15) is 34.6 Å². The standard InChI is InChI=1S/C26H27N3O5S/c1-26(2,3)22-15-20(29-11-10-23(30)27-25(29)31)14-21(24(22)34-4)18-7-6-17-13-19(28-35(5,32)33)9-8-16(17)12-18/h6-15,28H,1-5H3,(H,27,30,31)/i6D,7D,8D,9D,12D,13D. The largest absolute Gasteiger partial charge is 0.496 e. The Morgan fingerprint density at radius 3 is 2.37 bits per heavy atom. The van der Waals surface area contributed by atoms with Crippen molar-refractivity contribution in [1.29, 1.82) is 0 Å². The van der Waals surface area contributed by atoms with Crippen LogP contribution in [0.5, 0.6) is 5.75 Å². The number of ether oxygens (including phenoxy) is 1. The number of H-pyrrole nitrogens is 1. The second-order valence-electron chi connectivity index (χ2n) is 8.93. The quantitative estimate of drug-likeness (QED) is 0.431. The van der Waals surface area contributed by atoms with Gasteiger partial charge < -0.3 is 4.74 Å². The Bertz CT molecular complexity index is 1980. The molecule has 0 aliphatic carbocycles. The van der Waals surface area contributed by atoms with Crippen molar-refractivity contribution < 1.29 is 21.4 Å². The molecule has 0 saturated carbocycles. The van der Waals surface area contributed by atoms with Gasteiger partial charge in [0, 0.05) is 29.1 Å². The lowest BCUT2D eigenvalue weighted by Crippen LogP contribution is -2.27. The summed E-state index contributed by atoms with van der Waals surface area (Å²) in [7, 11) is -2.56. The SMILES string of the molecule is [2H]c1c(-c2cc(-n3ccc(=O)[nH]c3=O)cc(C(C)(C)C)c2OC)c([2H])c2c([2H])c([2H])c(NS(C)(=O)=O)c([2H])c2c1[2H]. The van der Waals surface area contributed by atoms with E-state index in [1.165, 1.54) is 23.9 Å². The number of hydrogen-bond acceptors (Lipinski definition) is 5. The summed E-state index contributed by atoms with van der Waals surface area (Å²) in [6.07, 6.45) is 2.09. The Balaban J connectivity index is 2.21. The Morgan fingerprint density at radius 2 is 1.74 bits per heavy atom. The zero-order chi connectivity index (χ0) is 30.8. The summed E-state index contributed by atoms with van der Waals surface area (Å²) in [6, 6.07) is 0.868. The molecule has 9 heteroatoms. The Labute approximate surface area is 211 Å². The van der Waals surface area contributed by atoms with Crippen molar-refractivity contribution in [3.05, 3.63) is 87.1 Å². The van der Waals surface area contributed by atoms with E-state index >= 15 is 0 Å². The summed E-state index contributed by atoms with van der Waals surface area (Å²) in [4.78, 5) is 26.5. The predicted molar refractivity (Wildman–Crippen MR) is 139 cm³/mol. The summed E-state index contributed by atoms with van der Waals surface area (Å²) in [5, 5.41) is -0.625. The normalized spacial score (nSPS) is 14.4. The van der Waals surface area contributed by atoms with E-state index in [0.29, 0.717) is 5.56 Å². The zero-order valence-corrected chi connectivity index (χ0v) is 20.5. The number of aromatic amines is 1. The fourth-order valence-corrected chi connectivity index (χ4v) is 4.05. The molecule has 3 aromatic carbocycles. The van der Waals surface area contributed by atoms with Crippen molar-refractivity contribution in [2.24, 2.45) is 0 Å². The number of fused-ring (bicyclic) bond motifs is 1. The van der Waals surface area contributed by atoms with E-state index in [0.717, 1.165) is 12.3 Å². The lowest BCUT2D eigenvalue weighted by molar-refractivity contribution is 0.399. The van der Waals surface area contributed by atoms with Gasteiger partial charge in [-0.15, -0.1) is 0 Å². The van der Waals surface area contributed by atoms with Gasteiger partial charge in [-0.25, -0.2) is 13.2 Å². The van der Waals surface area contributed by atoms with Crippen LogP contribution in [0, 0.1) is 0 Å². The van der Waals surface area contributed by atoms with Crippen LogP contribution in [-0.4, -0.2) is 31.3 Å². The van der Waals surface area contributed by atoms with Crippen LogP contribution in [-0.2, 0) is 15.4 Å². The molecule has 4 aromatic rings. The second kappa shape index (κ2) is 8.74. The van der Waals surface area contributed by atoms with E-state index in [-0.39, 0.29) is 33.3 Å². The van der Waals surface area contributed by atoms with Crippen molar-refractivity contribution >= 4 is 26.5 Å². The van der Waals surface area contributed by atoms with Gasteiger partial charge in [0.25, 0.3) is 5.56 Å². The molecule has 1 heterocycles. The molecule has 0 spiro atoms. The highest BCUT2D eigenvalue weighted by atomic mass is 32.2. The smallest absolute Gasteiger partial charge is 0.332 e. The minimum atomic E-state index is -3.95. The molecular weight excluding hydrogens is 466 g/mol. The van der Waals surface area contributed by atoms with Crippen LogP contribution in [0.2, 0.25) is 0 Å². The number of hydrogen-bond donors (Lipinski definition) is 2. The molecule has 8 nitrogen and oxygen atoms in total. The van der Waals surface area contributed by atoms with Crippen molar-refractivity contribution in [3.63, 3.8) is 0 Å². The highest BCUT2D eigenvalue weighted by Crippen LogP contribution is 2.41. The zero-order valence-electron chi connectivity index (χ0n) is 25.7. The Kier molecular flexibility index (Phi) is 4.38. The number of methoxy groups -OCH3 is 1. The van der Waals surface area contributed by atoms with Crippen LogP contribution in [0.15, 0.2) is 70.2 Å². The number of anilines is 1. The second-order valence-corrected chi connectivity index (χ2v) is 10.7. The molecule has 0 radical (unpaired) electrons. The van der Waals surface area contributed by atoms with Crippen molar-refractivity contribution in [1.82, 2.24) is 9.55 Å². The molecule has 2 N–H and O–H groups in total. The van der Waals surface area contributed by atoms with E-state index in [1.54, 1.807) is 6.07 Å². The van der Waals surface area contributed by atoms with Gasteiger partial charge in [0.15, 0.2) is 0 Å². The fourth-order valence-electron chi connectivity index (χ4n) is 3.58. The van der Waals surface area contributed by atoms with Crippen LogP contribution < -0.4 is 20.7 Å². The van der Waals surface area contributed by atoms with Crippen molar-refractivity contribution in [2.45, 2.75) is 26.2 Å². The molecule has 0 unspecified atom stereocenters. The van der Waals surface area contributed by atoms with Crippen LogP contribution in [0.4, 0.5) is 5.69 Å². The monoisotopic (exact) mass is 499 g/mol. The maximum absolute atomic E-state index is 12.7. The third-order valence-electron chi connectivity index (χ3n) is 5.12. The van der Waals surface area contributed by atoms with Gasteiger partial charge >= 0.3 is 5.69 Å². The fraction of sp³-hybridized carbons (Fsp3) is 0.231. The summed E-state index contributed by atoms with van der Waals surface area (Å²) in [6.45, 7) is 5.64. The van der Waals surface area contributed by atoms with Crippen LogP contribution in [0.3, 0.4) is 0 Å². The van der Waals surface area contributed by atoms with Crippen molar-refractivity contribution in [3.8, 4) is 22.6 Å².